The van der Waals surface area contributed by atoms with Gasteiger partial charge in [-0.05, 0) is 0 Å². The van der Waals surface area contributed by atoms with Crippen LogP contribution in [-0.2, 0) is 19.1 Å². The van der Waals surface area contributed by atoms with Gasteiger partial charge < -0.3 is 9.47 Å². The fourth-order valence-electron chi connectivity index (χ4n) is 0.568. The van der Waals surface area contributed by atoms with Crippen molar-refractivity contribution in [3.8, 4) is 24.2 Å². The Balaban J connectivity index is 3.89. The smallest absolute Gasteiger partial charge is 0.362 e. The molecule has 0 spiro atoms. The van der Waals surface area contributed by atoms with Crippen LogP contribution in [0, 0.1) is 34.7 Å². The van der Waals surface area contributed by atoms with E-state index in [2.05, 4.69) is 28.6 Å². The molecule has 0 heterocycles. The van der Waals surface area contributed by atoms with E-state index in [1.807, 2.05) is 6.11 Å². The maximum Gasteiger partial charge on any atom is 0.362 e. The number of nitriles is 2. The predicted octanol–water partition coefficient (Wildman–Crippen LogP) is 0.583. The van der Waals surface area contributed by atoms with Crippen LogP contribution in [0.1, 0.15) is 6.42 Å². The van der Waals surface area contributed by atoms with Gasteiger partial charge in [0.2, 0.25) is 0 Å². The molecule has 0 rings (SSSR count). The van der Waals surface area contributed by atoms with E-state index in [0.717, 1.165) is 0 Å². The lowest BCUT2D eigenvalue weighted by Crippen LogP contribution is -2.06. The highest BCUT2D eigenvalue weighted by Crippen LogP contribution is 1.93. The number of hydrogen-bond acceptors (Lipinski definition) is 6. The maximum atomic E-state index is 10.9. The number of carbonyl (C=O) groups is 2. The monoisotopic (exact) mass is 244 g/mol. The lowest BCUT2D eigenvalue weighted by atomic mass is 10.3. The summed E-state index contributed by atoms with van der Waals surface area (Å²) in [5.41, 5.74) is -0.666. The summed E-state index contributed by atoms with van der Waals surface area (Å²) < 4.78 is 8.93. The van der Waals surface area contributed by atoms with Crippen LogP contribution < -0.4 is 0 Å². The quantitative estimate of drug-likeness (QED) is 0.236. The van der Waals surface area contributed by atoms with Crippen LogP contribution in [-0.4, -0.2) is 18.5 Å². The van der Waals surface area contributed by atoms with Crippen molar-refractivity contribution in [3.63, 3.8) is 0 Å². The van der Waals surface area contributed by atoms with Crippen LogP contribution in [0.25, 0.3) is 0 Å². The summed E-state index contributed by atoms with van der Waals surface area (Å²) in [4.78, 5) is 21.8. The van der Waals surface area contributed by atoms with E-state index < -0.39 is 11.9 Å². The van der Waals surface area contributed by atoms with E-state index in [1.54, 1.807) is 0 Å². The van der Waals surface area contributed by atoms with Crippen molar-refractivity contribution in [2.24, 2.45) is 0 Å². The number of nitrogens with zero attached hydrogens (tertiary/aromatic N) is 2. The average Bonchev–Trinajstić information content (AvgIpc) is 2.39. The Kier molecular flexibility index (Phi) is 6.77. The molecular formula is C12H8N2O4. The second-order valence-electron chi connectivity index (χ2n) is 2.73. The van der Waals surface area contributed by atoms with Crippen LogP contribution in [0.5, 0.6) is 0 Å². The van der Waals surface area contributed by atoms with Crippen molar-refractivity contribution >= 4 is 11.9 Å². The molecule has 0 aliphatic heterocycles. The second-order valence-corrected chi connectivity index (χ2v) is 2.73. The van der Waals surface area contributed by atoms with E-state index in [0.29, 0.717) is 0 Å². The Labute approximate surface area is 104 Å². The minimum Gasteiger partial charge on any atom is -0.461 e. The third-order valence-corrected chi connectivity index (χ3v) is 1.44. The summed E-state index contributed by atoms with van der Waals surface area (Å²) in [6.45, 7) is 6.22. The number of rotatable bonds is 4. The van der Waals surface area contributed by atoms with Crippen molar-refractivity contribution in [3.05, 3.63) is 24.3 Å². The molecule has 0 aromatic carbocycles. The first-order valence-electron chi connectivity index (χ1n) is 4.57. The summed E-state index contributed by atoms with van der Waals surface area (Å²) in [5.74, 6) is 0.619. The van der Waals surface area contributed by atoms with Crippen LogP contribution >= 0.6 is 0 Å². The number of ether oxygens (including phenoxy) is 2. The van der Waals surface area contributed by atoms with E-state index >= 15 is 0 Å². The van der Waals surface area contributed by atoms with E-state index in [1.165, 1.54) is 12.1 Å². The normalized spacial score (nSPS) is 7.67. The van der Waals surface area contributed by atoms with Gasteiger partial charge in [0.15, 0.2) is 0 Å². The molecule has 6 nitrogen and oxygen atoms in total. The first kappa shape index (κ1) is 15.0. The molecule has 0 bridgehead atoms. The van der Waals surface area contributed by atoms with Gasteiger partial charge in [-0.3, -0.25) is 0 Å². The van der Waals surface area contributed by atoms with Gasteiger partial charge in [0, 0.05) is 6.42 Å². The number of carbonyl (C=O) groups excluding carboxylic acids is 2. The molecule has 0 aliphatic carbocycles. The molecule has 0 saturated heterocycles. The largest absolute Gasteiger partial charge is 0.461 e. The lowest BCUT2D eigenvalue weighted by Gasteiger charge is -1.98. The lowest BCUT2D eigenvalue weighted by molar-refractivity contribution is -0.138. The molecule has 6 heteroatoms. The van der Waals surface area contributed by atoms with Gasteiger partial charge in [0.1, 0.15) is 36.0 Å². The zero-order chi connectivity index (χ0) is 14.0. The summed E-state index contributed by atoms with van der Waals surface area (Å²) >= 11 is 0. The molecule has 0 N–H and O–H groups in total. The van der Waals surface area contributed by atoms with Gasteiger partial charge in [-0.25, -0.2) is 9.59 Å². The summed E-state index contributed by atoms with van der Waals surface area (Å²) in [7, 11) is 0. The van der Waals surface area contributed by atoms with E-state index in [-0.39, 0.29) is 24.2 Å². The highest BCUT2D eigenvalue weighted by Gasteiger charge is 2.06. The standard InChI is InChI=1S/C12H8N2O4/c1-9(7-13)11(15)17-5-3-4-6-18-12(16)10(2)8-14/h1-3,5H2. The Hall–Kier alpha value is -3.04. The van der Waals surface area contributed by atoms with Gasteiger partial charge in [-0.15, -0.1) is 0 Å². The average molecular weight is 244 g/mol. The Morgan fingerprint density at radius 2 is 1.61 bits per heavy atom. The van der Waals surface area contributed by atoms with Crippen LogP contribution in [0.15, 0.2) is 24.3 Å². The third-order valence-electron chi connectivity index (χ3n) is 1.44. The van der Waals surface area contributed by atoms with Gasteiger partial charge in [-0.2, -0.15) is 10.5 Å². The first-order chi connectivity index (χ1) is 8.52. The molecule has 0 saturated carbocycles. The molecular weight excluding hydrogens is 236 g/mol. The second kappa shape index (κ2) is 8.15. The molecule has 0 atom stereocenters. The molecule has 0 aromatic heterocycles. The fourth-order valence-corrected chi connectivity index (χ4v) is 0.568. The predicted molar refractivity (Wildman–Crippen MR) is 59.0 cm³/mol. The van der Waals surface area contributed by atoms with Crippen LogP contribution in [0.2, 0.25) is 0 Å². The Morgan fingerprint density at radius 3 is 2.17 bits per heavy atom. The van der Waals surface area contributed by atoms with Crippen LogP contribution in [0.3, 0.4) is 0 Å². The first-order valence-corrected chi connectivity index (χ1v) is 4.57. The van der Waals surface area contributed by atoms with Gasteiger partial charge in [0.05, 0.1) is 0 Å². The summed E-state index contributed by atoms with van der Waals surface area (Å²) in [6, 6.07) is 3.04. The third kappa shape index (κ3) is 5.75. The van der Waals surface area contributed by atoms with Crippen LogP contribution in [0.4, 0.5) is 0 Å². The van der Waals surface area contributed by atoms with Gasteiger partial charge in [-0.1, -0.05) is 19.1 Å². The van der Waals surface area contributed by atoms with E-state index in [4.69, 9.17) is 10.5 Å². The number of hydrogen-bond donors (Lipinski definition) is 0. The molecule has 0 aromatic rings. The van der Waals surface area contributed by atoms with Crippen molar-refractivity contribution in [1.82, 2.24) is 0 Å². The SMILES string of the molecule is C=C(C#N)C(=O)OC#CCCOC(=O)C(=C)C#N. The zero-order valence-corrected chi connectivity index (χ0v) is 9.36. The molecule has 0 fully saturated rings. The van der Waals surface area contributed by atoms with Gasteiger partial charge >= 0.3 is 11.9 Å². The van der Waals surface area contributed by atoms with Crippen molar-refractivity contribution in [1.29, 1.82) is 10.5 Å². The van der Waals surface area contributed by atoms with Crippen molar-refractivity contribution in [2.75, 3.05) is 6.61 Å². The Bertz CT molecular complexity index is 523. The van der Waals surface area contributed by atoms with Gasteiger partial charge in [0.25, 0.3) is 0 Å². The van der Waals surface area contributed by atoms with Crippen molar-refractivity contribution < 1.29 is 19.1 Å². The molecule has 90 valence electrons. The van der Waals surface area contributed by atoms with Crippen molar-refractivity contribution in [2.45, 2.75) is 6.42 Å². The molecule has 0 radical (unpaired) electrons. The highest BCUT2D eigenvalue weighted by atomic mass is 16.5. The minimum atomic E-state index is -0.931. The zero-order valence-electron chi connectivity index (χ0n) is 9.36. The molecule has 0 amide bonds. The fraction of sp³-hybridized carbons (Fsp3) is 0.167. The molecule has 18 heavy (non-hydrogen) atoms. The number of esters is 2. The van der Waals surface area contributed by atoms with E-state index in [9.17, 15) is 9.59 Å². The minimum absolute atomic E-state index is 0.0662. The topological polar surface area (TPSA) is 100 Å². The highest BCUT2D eigenvalue weighted by molar-refractivity contribution is 5.92. The maximum absolute atomic E-state index is 10.9. The molecule has 0 aliphatic rings. The molecule has 0 unspecified atom stereocenters. The summed E-state index contributed by atoms with van der Waals surface area (Å²) in [6.07, 6.45) is 2.14. The Morgan fingerprint density at radius 1 is 1.06 bits per heavy atom. The summed E-state index contributed by atoms with van der Waals surface area (Å²) in [5, 5.41) is 16.6.